The van der Waals surface area contributed by atoms with E-state index < -0.39 is 0 Å². The first-order valence-electron chi connectivity index (χ1n) is 8.97. The molecule has 0 aliphatic carbocycles. The van der Waals surface area contributed by atoms with Crippen LogP contribution < -0.4 is 0 Å². The van der Waals surface area contributed by atoms with E-state index in [-0.39, 0.29) is 23.8 Å². The summed E-state index contributed by atoms with van der Waals surface area (Å²) in [5.41, 5.74) is 1.39. The minimum Gasteiger partial charge on any atom is -0.394 e. The normalized spacial score (nSPS) is 22.0. The molecule has 1 aliphatic rings. The lowest BCUT2D eigenvalue weighted by Gasteiger charge is -2.52. The van der Waals surface area contributed by atoms with E-state index in [4.69, 9.17) is 4.84 Å². The average molecular weight is 319 g/mol. The molecule has 1 aromatic carbocycles. The second-order valence-corrected chi connectivity index (χ2v) is 8.06. The molecule has 0 aromatic heterocycles. The molecule has 1 atom stereocenters. The number of hydrogen-bond acceptors (Lipinski definition) is 3. The molecule has 3 nitrogen and oxygen atoms in total. The highest BCUT2D eigenvalue weighted by Crippen LogP contribution is 2.39. The number of hydroxylamine groups is 2. The zero-order valence-corrected chi connectivity index (χ0v) is 15.2. The number of piperidine rings is 1. The van der Waals surface area contributed by atoms with Crippen LogP contribution in [-0.2, 0) is 11.3 Å². The third-order valence-electron chi connectivity index (χ3n) is 4.97. The van der Waals surface area contributed by atoms with E-state index in [9.17, 15) is 5.11 Å². The largest absolute Gasteiger partial charge is 0.394 e. The molecule has 2 rings (SSSR count). The average Bonchev–Trinajstić information content (AvgIpc) is 2.49. The summed E-state index contributed by atoms with van der Waals surface area (Å²) in [4.78, 5) is 6.29. The van der Waals surface area contributed by atoms with Crippen molar-refractivity contribution in [2.75, 3.05) is 6.61 Å². The SMILES string of the molecule is CC1(C)CCCC(C)(C)N1O[C@H](CO)CCCc1ccccc1. The molecule has 3 heteroatoms. The monoisotopic (exact) mass is 319 g/mol. The van der Waals surface area contributed by atoms with Crippen LogP contribution in [0.1, 0.15) is 65.4 Å². The minimum absolute atomic E-state index is 0.0224. The number of aliphatic hydroxyl groups excluding tert-OH is 1. The quantitative estimate of drug-likeness (QED) is 0.811. The summed E-state index contributed by atoms with van der Waals surface area (Å²) >= 11 is 0. The number of nitrogens with zero attached hydrogens (tertiary/aromatic N) is 1. The van der Waals surface area contributed by atoms with Crippen molar-refractivity contribution in [3.8, 4) is 0 Å². The van der Waals surface area contributed by atoms with E-state index in [1.165, 1.54) is 12.0 Å². The van der Waals surface area contributed by atoms with E-state index >= 15 is 0 Å². The lowest BCUT2D eigenvalue weighted by molar-refractivity contribution is -0.309. The molecule has 0 radical (unpaired) electrons. The first-order valence-corrected chi connectivity index (χ1v) is 8.97. The van der Waals surface area contributed by atoms with Crippen molar-refractivity contribution < 1.29 is 9.94 Å². The lowest BCUT2D eigenvalue weighted by Crippen LogP contribution is -2.59. The molecule has 0 bridgehead atoms. The van der Waals surface area contributed by atoms with Gasteiger partial charge in [-0.25, -0.2) is 0 Å². The van der Waals surface area contributed by atoms with Crippen LogP contribution in [0.25, 0.3) is 0 Å². The van der Waals surface area contributed by atoms with Gasteiger partial charge in [0, 0.05) is 11.1 Å². The molecule has 0 spiro atoms. The van der Waals surface area contributed by atoms with E-state index in [1.54, 1.807) is 0 Å². The van der Waals surface area contributed by atoms with Gasteiger partial charge in [0.1, 0.15) is 6.10 Å². The van der Waals surface area contributed by atoms with Crippen LogP contribution in [-0.4, -0.2) is 34.0 Å². The molecule has 1 fully saturated rings. The van der Waals surface area contributed by atoms with E-state index in [0.29, 0.717) is 0 Å². The van der Waals surface area contributed by atoms with Gasteiger partial charge in [0.2, 0.25) is 0 Å². The van der Waals surface area contributed by atoms with Gasteiger partial charge in [0.05, 0.1) is 6.61 Å². The zero-order chi connectivity index (χ0) is 16.9. The van der Waals surface area contributed by atoms with Crippen molar-refractivity contribution >= 4 is 0 Å². The highest BCUT2D eigenvalue weighted by Gasteiger charge is 2.43. The van der Waals surface area contributed by atoms with Crippen LogP contribution in [0.5, 0.6) is 0 Å². The maximum atomic E-state index is 9.74. The molecule has 0 amide bonds. The molecular weight excluding hydrogens is 286 g/mol. The molecule has 1 N–H and O–H groups in total. The highest BCUT2D eigenvalue weighted by molar-refractivity contribution is 5.14. The van der Waals surface area contributed by atoms with E-state index in [2.05, 4.69) is 57.0 Å². The minimum atomic E-state index is -0.115. The van der Waals surface area contributed by atoms with Gasteiger partial charge in [-0.1, -0.05) is 30.3 Å². The van der Waals surface area contributed by atoms with Gasteiger partial charge in [0.15, 0.2) is 0 Å². The first-order chi connectivity index (χ1) is 10.8. The summed E-state index contributed by atoms with van der Waals surface area (Å²) in [5.74, 6) is 0. The Bertz CT molecular complexity index is 454. The maximum absolute atomic E-state index is 9.74. The number of rotatable bonds is 7. The second kappa shape index (κ2) is 7.78. The Morgan fingerprint density at radius 2 is 1.70 bits per heavy atom. The van der Waals surface area contributed by atoms with Gasteiger partial charge >= 0.3 is 0 Å². The van der Waals surface area contributed by atoms with Gasteiger partial charge in [-0.15, -0.1) is 0 Å². The molecule has 1 saturated heterocycles. The molecule has 1 aliphatic heterocycles. The molecule has 1 aromatic rings. The van der Waals surface area contributed by atoms with Gasteiger partial charge in [-0.2, -0.15) is 5.06 Å². The third kappa shape index (κ3) is 5.03. The fourth-order valence-electron chi connectivity index (χ4n) is 3.77. The Morgan fingerprint density at radius 1 is 1.09 bits per heavy atom. The summed E-state index contributed by atoms with van der Waals surface area (Å²) < 4.78 is 0. The Labute approximate surface area is 141 Å². The number of aliphatic hydroxyl groups is 1. The van der Waals surface area contributed by atoms with Crippen molar-refractivity contribution in [3.05, 3.63) is 35.9 Å². The predicted octanol–water partition coefficient (Wildman–Crippen LogP) is 4.34. The Hall–Kier alpha value is -0.900. The van der Waals surface area contributed by atoms with Gasteiger partial charge in [0.25, 0.3) is 0 Å². The Kier molecular flexibility index (Phi) is 6.24. The van der Waals surface area contributed by atoms with Crippen LogP contribution in [0.2, 0.25) is 0 Å². The molecular formula is C20H33NO2. The van der Waals surface area contributed by atoms with Crippen LogP contribution in [0, 0.1) is 0 Å². The van der Waals surface area contributed by atoms with Crippen molar-refractivity contribution in [2.45, 2.75) is 83.4 Å². The van der Waals surface area contributed by atoms with Crippen LogP contribution in [0.4, 0.5) is 0 Å². The Morgan fingerprint density at radius 3 is 2.26 bits per heavy atom. The van der Waals surface area contributed by atoms with Crippen LogP contribution in [0.15, 0.2) is 30.3 Å². The van der Waals surface area contributed by atoms with Gasteiger partial charge < -0.3 is 5.11 Å². The summed E-state index contributed by atoms with van der Waals surface area (Å²) in [5, 5.41) is 11.9. The van der Waals surface area contributed by atoms with Crippen molar-refractivity contribution in [1.82, 2.24) is 5.06 Å². The first kappa shape index (κ1) is 18.4. The number of aryl methyl sites for hydroxylation is 1. The second-order valence-electron chi connectivity index (χ2n) is 8.06. The molecule has 0 saturated carbocycles. The topological polar surface area (TPSA) is 32.7 Å². The summed E-state index contributed by atoms with van der Waals surface area (Å²) in [6, 6.07) is 10.5. The molecule has 130 valence electrons. The van der Waals surface area contributed by atoms with Crippen molar-refractivity contribution in [3.63, 3.8) is 0 Å². The standard InChI is InChI=1S/C20H33NO2/c1-19(2)14-9-15-20(3,4)21(19)23-18(16-22)13-8-12-17-10-6-5-7-11-17/h5-7,10-11,18,22H,8-9,12-16H2,1-4H3/t18-/m0/s1. The number of hydrogen-bond donors (Lipinski definition) is 1. The van der Waals surface area contributed by atoms with Gasteiger partial charge in [-0.05, 0) is 71.8 Å². The molecule has 1 heterocycles. The summed E-state index contributed by atoms with van der Waals surface area (Å²) in [7, 11) is 0. The van der Waals surface area contributed by atoms with Crippen molar-refractivity contribution in [1.29, 1.82) is 0 Å². The highest BCUT2D eigenvalue weighted by atomic mass is 16.7. The predicted molar refractivity (Wildman–Crippen MR) is 95.2 cm³/mol. The van der Waals surface area contributed by atoms with Crippen LogP contribution >= 0.6 is 0 Å². The Balaban J connectivity index is 1.90. The fraction of sp³-hybridized carbons (Fsp3) is 0.700. The van der Waals surface area contributed by atoms with Crippen LogP contribution in [0.3, 0.4) is 0 Å². The molecule has 0 unspecified atom stereocenters. The maximum Gasteiger partial charge on any atom is 0.102 e. The van der Waals surface area contributed by atoms with E-state index in [0.717, 1.165) is 32.1 Å². The smallest absolute Gasteiger partial charge is 0.102 e. The molecule has 23 heavy (non-hydrogen) atoms. The van der Waals surface area contributed by atoms with Crippen molar-refractivity contribution in [2.24, 2.45) is 0 Å². The summed E-state index contributed by atoms with van der Waals surface area (Å²) in [6.07, 6.45) is 6.34. The third-order valence-corrected chi connectivity index (χ3v) is 4.97. The van der Waals surface area contributed by atoms with Gasteiger partial charge in [-0.3, -0.25) is 4.84 Å². The lowest BCUT2D eigenvalue weighted by atomic mass is 9.82. The number of benzene rings is 1. The fourth-order valence-corrected chi connectivity index (χ4v) is 3.77. The zero-order valence-electron chi connectivity index (χ0n) is 15.2. The van der Waals surface area contributed by atoms with E-state index in [1.807, 2.05) is 6.07 Å². The summed E-state index contributed by atoms with van der Waals surface area (Å²) in [6.45, 7) is 9.05.